The van der Waals surface area contributed by atoms with Gasteiger partial charge in [-0.3, -0.25) is 9.59 Å². The molecule has 1 aromatic carbocycles. The maximum Gasteiger partial charge on any atom is 0.211 e. The van der Waals surface area contributed by atoms with Crippen LogP contribution in [0, 0.1) is 5.41 Å². The van der Waals surface area contributed by atoms with E-state index in [1.807, 2.05) is 20.8 Å². The first-order valence-corrected chi connectivity index (χ1v) is 4.80. The second-order valence-electron chi connectivity index (χ2n) is 4.42. The molecule has 0 aliphatic carbocycles. The summed E-state index contributed by atoms with van der Waals surface area (Å²) in [5, 5.41) is 2.52. The third-order valence-corrected chi connectivity index (χ3v) is 2.05. The van der Waals surface area contributed by atoms with Crippen molar-refractivity contribution < 1.29 is 9.59 Å². The van der Waals surface area contributed by atoms with Crippen LogP contribution in [-0.4, -0.2) is 12.2 Å². The summed E-state index contributed by atoms with van der Waals surface area (Å²) < 4.78 is 0. The highest BCUT2D eigenvalue weighted by molar-refractivity contribution is 6.00. The minimum Gasteiger partial charge on any atom is -0.329 e. The van der Waals surface area contributed by atoms with Gasteiger partial charge in [-0.2, -0.15) is 0 Å². The van der Waals surface area contributed by atoms with Gasteiger partial charge in [-0.05, 0) is 24.3 Å². The Morgan fingerprint density at radius 2 is 1.73 bits per heavy atom. The Morgan fingerprint density at radius 3 is 2.13 bits per heavy atom. The average molecular weight is 205 g/mol. The highest BCUT2D eigenvalue weighted by Crippen LogP contribution is 2.21. The lowest BCUT2D eigenvalue weighted by Gasteiger charge is -2.16. The van der Waals surface area contributed by atoms with Crippen LogP contribution < -0.4 is 5.32 Å². The van der Waals surface area contributed by atoms with Crippen molar-refractivity contribution in [3.8, 4) is 0 Å². The third kappa shape index (κ3) is 2.91. The molecule has 0 saturated heterocycles. The van der Waals surface area contributed by atoms with E-state index in [1.54, 1.807) is 24.3 Å². The number of carbonyl (C=O) groups excluding carboxylic acids is 2. The molecule has 3 heteroatoms. The van der Waals surface area contributed by atoms with E-state index in [0.29, 0.717) is 17.7 Å². The largest absolute Gasteiger partial charge is 0.329 e. The number of Topliss-reactive ketones (excluding diaryl/α,β-unsaturated/α-hetero) is 1. The predicted molar refractivity (Wildman–Crippen MR) is 59.9 cm³/mol. The molecule has 0 spiro atoms. The monoisotopic (exact) mass is 205 g/mol. The number of ketones is 1. The van der Waals surface area contributed by atoms with Crippen LogP contribution in [0.15, 0.2) is 24.3 Å². The van der Waals surface area contributed by atoms with Crippen molar-refractivity contribution >= 4 is 17.9 Å². The molecule has 0 aliphatic heterocycles. The van der Waals surface area contributed by atoms with Crippen molar-refractivity contribution in [1.82, 2.24) is 0 Å². The molecule has 0 atom stereocenters. The number of anilines is 1. The van der Waals surface area contributed by atoms with Gasteiger partial charge in [0.25, 0.3) is 0 Å². The zero-order valence-corrected chi connectivity index (χ0v) is 9.20. The third-order valence-electron chi connectivity index (χ3n) is 2.05. The minimum absolute atomic E-state index is 0.0974. The summed E-state index contributed by atoms with van der Waals surface area (Å²) >= 11 is 0. The van der Waals surface area contributed by atoms with Crippen LogP contribution in [0.25, 0.3) is 0 Å². The summed E-state index contributed by atoms with van der Waals surface area (Å²) in [4.78, 5) is 22.0. The highest BCUT2D eigenvalue weighted by Gasteiger charge is 2.22. The molecule has 1 aromatic rings. The fraction of sp³-hybridized carbons (Fsp3) is 0.333. The Bertz CT molecular complexity index is 360. The number of rotatable bonds is 3. The number of benzene rings is 1. The van der Waals surface area contributed by atoms with Crippen LogP contribution in [0.3, 0.4) is 0 Å². The summed E-state index contributed by atoms with van der Waals surface area (Å²) in [6.45, 7) is 5.65. The van der Waals surface area contributed by atoms with E-state index < -0.39 is 0 Å². The van der Waals surface area contributed by atoms with Crippen molar-refractivity contribution in [3.63, 3.8) is 0 Å². The summed E-state index contributed by atoms with van der Waals surface area (Å²) in [5.74, 6) is 0.0974. The fourth-order valence-corrected chi connectivity index (χ4v) is 1.22. The Labute approximate surface area is 89.5 Å². The van der Waals surface area contributed by atoms with Crippen LogP contribution in [0.5, 0.6) is 0 Å². The molecule has 0 unspecified atom stereocenters. The zero-order chi connectivity index (χ0) is 11.5. The topological polar surface area (TPSA) is 46.2 Å². The summed E-state index contributed by atoms with van der Waals surface area (Å²) in [6, 6.07) is 6.87. The molecule has 15 heavy (non-hydrogen) atoms. The quantitative estimate of drug-likeness (QED) is 0.608. The number of hydrogen-bond acceptors (Lipinski definition) is 2. The Hall–Kier alpha value is -1.64. The highest BCUT2D eigenvalue weighted by atomic mass is 16.1. The Balaban J connectivity index is 2.89. The molecule has 0 radical (unpaired) electrons. The smallest absolute Gasteiger partial charge is 0.211 e. The summed E-state index contributed by atoms with van der Waals surface area (Å²) in [5.41, 5.74) is 0.981. The molecule has 0 heterocycles. The molecule has 3 nitrogen and oxygen atoms in total. The Kier molecular flexibility index (Phi) is 3.24. The normalized spacial score (nSPS) is 10.9. The van der Waals surface area contributed by atoms with Gasteiger partial charge in [-0.25, -0.2) is 0 Å². The molecule has 0 aromatic heterocycles. The van der Waals surface area contributed by atoms with E-state index >= 15 is 0 Å². The van der Waals surface area contributed by atoms with Gasteiger partial charge in [-0.1, -0.05) is 20.8 Å². The lowest BCUT2D eigenvalue weighted by atomic mass is 9.86. The maximum absolute atomic E-state index is 11.8. The van der Waals surface area contributed by atoms with Crippen molar-refractivity contribution in [2.45, 2.75) is 20.8 Å². The molecule has 0 fully saturated rings. The number of hydrogen-bond donors (Lipinski definition) is 1. The van der Waals surface area contributed by atoms with Crippen LogP contribution in [0.2, 0.25) is 0 Å². The van der Waals surface area contributed by atoms with E-state index in [-0.39, 0.29) is 11.2 Å². The first-order chi connectivity index (χ1) is 6.95. The van der Waals surface area contributed by atoms with E-state index in [2.05, 4.69) is 5.32 Å². The van der Waals surface area contributed by atoms with Gasteiger partial charge in [0, 0.05) is 16.7 Å². The molecule has 0 saturated carbocycles. The zero-order valence-electron chi connectivity index (χ0n) is 9.20. The number of amides is 1. The molecule has 0 aliphatic rings. The maximum atomic E-state index is 11.8. The fourth-order valence-electron chi connectivity index (χ4n) is 1.22. The van der Waals surface area contributed by atoms with E-state index in [9.17, 15) is 9.59 Å². The predicted octanol–water partition coefficient (Wildman–Crippen LogP) is 2.48. The SMILES string of the molecule is CC(C)(C)C(=O)c1ccc(NC=O)cc1. The Morgan fingerprint density at radius 1 is 1.20 bits per heavy atom. The first-order valence-electron chi connectivity index (χ1n) is 4.80. The second-order valence-corrected chi connectivity index (χ2v) is 4.42. The van der Waals surface area contributed by atoms with Crippen molar-refractivity contribution in [2.75, 3.05) is 5.32 Å². The lowest BCUT2D eigenvalue weighted by molar-refractivity contribution is -0.105. The van der Waals surface area contributed by atoms with Gasteiger partial charge in [0.2, 0.25) is 6.41 Å². The standard InChI is InChI=1S/C12H15NO2/c1-12(2,3)11(15)9-4-6-10(7-5-9)13-8-14/h4-8H,1-3H3,(H,13,14). The first kappa shape index (κ1) is 11.4. The molecule has 80 valence electrons. The van der Waals surface area contributed by atoms with E-state index in [4.69, 9.17) is 0 Å². The van der Waals surface area contributed by atoms with E-state index in [1.165, 1.54) is 0 Å². The van der Waals surface area contributed by atoms with Crippen LogP contribution in [0.4, 0.5) is 5.69 Å². The number of carbonyl (C=O) groups is 2. The van der Waals surface area contributed by atoms with E-state index in [0.717, 1.165) is 0 Å². The molecule has 1 amide bonds. The van der Waals surface area contributed by atoms with Crippen LogP contribution in [0.1, 0.15) is 31.1 Å². The van der Waals surface area contributed by atoms with Crippen molar-refractivity contribution in [1.29, 1.82) is 0 Å². The molecule has 1 rings (SSSR count). The van der Waals surface area contributed by atoms with Gasteiger partial charge in [0.1, 0.15) is 0 Å². The van der Waals surface area contributed by atoms with Crippen molar-refractivity contribution in [2.24, 2.45) is 5.41 Å². The van der Waals surface area contributed by atoms with Gasteiger partial charge < -0.3 is 5.32 Å². The van der Waals surface area contributed by atoms with Gasteiger partial charge in [-0.15, -0.1) is 0 Å². The number of nitrogens with one attached hydrogen (secondary N) is 1. The van der Waals surface area contributed by atoms with Crippen LogP contribution in [-0.2, 0) is 4.79 Å². The van der Waals surface area contributed by atoms with Crippen molar-refractivity contribution in [3.05, 3.63) is 29.8 Å². The summed E-state index contributed by atoms with van der Waals surface area (Å²) in [7, 11) is 0. The van der Waals surface area contributed by atoms with Gasteiger partial charge in [0.05, 0.1) is 0 Å². The average Bonchev–Trinajstić information content (AvgIpc) is 2.17. The van der Waals surface area contributed by atoms with Gasteiger partial charge >= 0.3 is 0 Å². The second kappa shape index (κ2) is 4.26. The summed E-state index contributed by atoms with van der Waals surface area (Å²) in [6.07, 6.45) is 0.612. The van der Waals surface area contributed by atoms with Crippen LogP contribution >= 0.6 is 0 Å². The minimum atomic E-state index is -0.375. The van der Waals surface area contributed by atoms with Gasteiger partial charge in [0.15, 0.2) is 5.78 Å². The molecular formula is C12H15NO2. The molecule has 1 N–H and O–H groups in total. The molecular weight excluding hydrogens is 190 g/mol. The lowest BCUT2D eigenvalue weighted by Crippen LogP contribution is -2.20. The molecule has 0 bridgehead atoms.